The molecule has 0 saturated heterocycles. The van der Waals surface area contributed by atoms with Gasteiger partial charge in [-0.25, -0.2) is 0 Å². The van der Waals surface area contributed by atoms with Gasteiger partial charge in [-0.05, 0) is 48.1 Å². The molecule has 0 fully saturated rings. The number of ether oxygens (including phenoxy) is 1. The normalized spacial score (nSPS) is 13.7. The predicted octanol–water partition coefficient (Wildman–Crippen LogP) is 4.59. The van der Waals surface area contributed by atoms with Gasteiger partial charge < -0.3 is 10.5 Å². The number of rotatable bonds is 6. The van der Waals surface area contributed by atoms with Gasteiger partial charge in [-0.3, -0.25) is 0 Å². The Labute approximate surface area is 127 Å². The van der Waals surface area contributed by atoms with Gasteiger partial charge in [0, 0.05) is 6.54 Å². The lowest BCUT2D eigenvalue weighted by Crippen LogP contribution is -2.19. The van der Waals surface area contributed by atoms with Crippen LogP contribution in [0.4, 0.5) is 0 Å². The molecule has 2 nitrogen and oxygen atoms in total. The molecule has 2 rings (SSSR count). The summed E-state index contributed by atoms with van der Waals surface area (Å²) in [7, 11) is 0. The van der Waals surface area contributed by atoms with E-state index in [9.17, 15) is 0 Å². The van der Waals surface area contributed by atoms with Crippen LogP contribution in [-0.2, 0) is 0 Å². The van der Waals surface area contributed by atoms with Crippen LogP contribution in [0.5, 0.6) is 5.75 Å². The van der Waals surface area contributed by atoms with E-state index in [1.807, 2.05) is 24.3 Å². The molecule has 0 aliphatic carbocycles. The average molecular weight is 283 g/mol. The maximum atomic E-state index is 6.07. The van der Waals surface area contributed by atoms with E-state index in [1.165, 1.54) is 11.1 Å². The predicted molar refractivity (Wildman–Crippen MR) is 88.8 cm³/mol. The van der Waals surface area contributed by atoms with Crippen molar-refractivity contribution in [2.75, 3.05) is 6.54 Å². The molecule has 112 valence electrons. The summed E-state index contributed by atoms with van der Waals surface area (Å²) in [5.41, 5.74) is 9.62. The Morgan fingerprint density at radius 2 is 1.71 bits per heavy atom. The van der Waals surface area contributed by atoms with Crippen LogP contribution in [0.2, 0.25) is 0 Å². The fraction of sp³-hybridized carbons (Fsp3) is 0.368. The number of hydrogen-bond donors (Lipinski definition) is 1. The van der Waals surface area contributed by atoms with Gasteiger partial charge in [-0.1, -0.05) is 50.2 Å². The fourth-order valence-corrected chi connectivity index (χ4v) is 2.46. The Balaban J connectivity index is 2.14. The maximum Gasteiger partial charge on any atom is 0.136 e. The molecule has 0 heterocycles. The lowest BCUT2D eigenvalue weighted by molar-refractivity contribution is 0.213. The minimum Gasteiger partial charge on any atom is -0.484 e. The standard InChI is InChI=1S/C19H25NO/c1-4-14(2)16-9-11-17(12-10-16)21-19(13-20)18-8-6-5-7-15(18)3/h5-12,14,19H,4,13,20H2,1-3H3. The topological polar surface area (TPSA) is 35.2 Å². The lowest BCUT2D eigenvalue weighted by Gasteiger charge is -2.20. The van der Waals surface area contributed by atoms with Crippen LogP contribution in [-0.4, -0.2) is 6.54 Å². The van der Waals surface area contributed by atoms with Crippen molar-refractivity contribution in [3.05, 3.63) is 65.2 Å². The molecular weight excluding hydrogens is 258 g/mol. The molecule has 0 bridgehead atoms. The Hall–Kier alpha value is -1.80. The minimum absolute atomic E-state index is 0.0966. The van der Waals surface area contributed by atoms with E-state index in [1.54, 1.807) is 0 Å². The zero-order valence-corrected chi connectivity index (χ0v) is 13.2. The molecule has 2 aromatic carbocycles. The van der Waals surface area contributed by atoms with Crippen molar-refractivity contribution < 1.29 is 4.74 Å². The summed E-state index contributed by atoms with van der Waals surface area (Å²) in [5, 5.41) is 0. The molecule has 2 aromatic rings. The van der Waals surface area contributed by atoms with E-state index in [2.05, 4.69) is 45.0 Å². The highest BCUT2D eigenvalue weighted by Crippen LogP contribution is 2.26. The summed E-state index contributed by atoms with van der Waals surface area (Å²) in [6.45, 7) is 7.01. The summed E-state index contributed by atoms with van der Waals surface area (Å²) < 4.78 is 6.07. The van der Waals surface area contributed by atoms with Crippen molar-refractivity contribution in [2.24, 2.45) is 5.73 Å². The summed E-state index contributed by atoms with van der Waals surface area (Å²) in [6, 6.07) is 16.6. The molecule has 0 amide bonds. The van der Waals surface area contributed by atoms with Gasteiger partial charge in [0.1, 0.15) is 11.9 Å². The molecule has 0 aromatic heterocycles. The number of nitrogens with two attached hydrogens (primary N) is 1. The van der Waals surface area contributed by atoms with Crippen LogP contribution in [0.3, 0.4) is 0 Å². The highest BCUT2D eigenvalue weighted by atomic mass is 16.5. The van der Waals surface area contributed by atoms with Crippen LogP contribution >= 0.6 is 0 Å². The average Bonchev–Trinajstić information content (AvgIpc) is 2.53. The van der Waals surface area contributed by atoms with Crippen LogP contribution in [0.1, 0.15) is 49.0 Å². The van der Waals surface area contributed by atoms with Crippen LogP contribution < -0.4 is 10.5 Å². The third-order valence-corrected chi connectivity index (χ3v) is 4.09. The molecule has 0 aliphatic rings. The van der Waals surface area contributed by atoms with Crippen LogP contribution in [0, 0.1) is 6.92 Å². The largest absolute Gasteiger partial charge is 0.484 e. The van der Waals surface area contributed by atoms with E-state index in [0.29, 0.717) is 12.5 Å². The Bertz CT molecular complexity index is 562. The van der Waals surface area contributed by atoms with Gasteiger partial charge in [0.2, 0.25) is 0 Å². The Morgan fingerprint density at radius 1 is 1.05 bits per heavy atom. The molecule has 0 spiro atoms. The SMILES string of the molecule is CCC(C)c1ccc(OC(CN)c2ccccc2C)cc1. The monoisotopic (exact) mass is 283 g/mol. The van der Waals surface area contributed by atoms with Crippen LogP contribution in [0.15, 0.2) is 48.5 Å². The van der Waals surface area contributed by atoms with Crippen molar-refractivity contribution in [2.45, 2.75) is 39.2 Å². The van der Waals surface area contributed by atoms with Gasteiger partial charge in [0.15, 0.2) is 0 Å². The van der Waals surface area contributed by atoms with Gasteiger partial charge in [-0.15, -0.1) is 0 Å². The molecule has 2 N–H and O–H groups in total. The number of benzene rings is 2. The minimum atomic E-state index is -0.0966. The van der Waals surface area contributed by atoms with E-state index < -0.39 is 0 Å². The molecule has 2 unspecified atom stereocenters. The summed E-state index contributed by atoms with van der Waals surface area (Å²) in [5.74, 6) is 1.46. The molecule has 2 heteroatoms. The molecule has 21 heavy (non-hydrogen) atoms. The fourth-order valence-electron chi connectivity index (χ4n) is 2.46. The Kier molecular flexibility index (Phi) is 5.40. The van der Waals surface area contributed by atoms with Crippen molar-refractivity contribution in [3.63, 3.8) is 0 Å². The summed E-state index contributed by atoms with van der Waals surface area (Å²) >= 11 is 0. The lowest BCUT2D eigenvalue weighted by atomic mass is 9.99. The highest BCUT2D eigenvalue weighted by Gasteiger charge is 2.13. The summed E-state index contributed by atoms with van der Waals surface area (Å²) in [6.07, 6.45) is 1.05. The third-order valence-electron chi connectivity index (χ3n) is 4.09. The van der Waals surface area contributed by atoms with Crippen molar-refractivity contribution in [1.82, 2.24) is 0 Å². The van der Waals surface area contributed by atoms with Crippen molar-refractivity contribution >= 4 is 0 Å². The third kappa shape index (κ3) is 3.85. The molecule has 0 radical (unpaired) electrons. The maximum absolute atomic E-state index is 6.07. The second-order valence-corrected chi connectivity index (χ2v) is 5.58. The van der Waals surface area contributed by atoms with Crippen molar-refractivity contribution in [1.29, 1.82) is 0 Å². The molecular formula is C19H25NO. The second-order valence-electron chi connectivity index (χ2n) is 5.58. The van der Waals surface area contributed by atoms with E-state index in [-0.39, 0.29) is 6.10 Å². The first-order chi connectivity index (χ1) is 10.2. The van der Waals surface area contributed by atoms with Crippen molar-refractivity contribution in [3.8, 4) is 5.75 Å². The van der Waals surface area contributed by atoms with E-state index in [0.717, 1.165) is 17.7 Å². The highest BCUT2D eigenvalue weighted by molar-refractivity contribution is 5.32. The molecule has 0 aliphatic heterocycles. The number of hydrogen-bond acceptors (Lipinski definition) is 2. The van der Waals surface area contributed by atoms with Gasteiger partial charge in [-0.2, -0.15) is 0 Å². The first-order valence-electron chi connectivity index (χ1n) is 7.68. The van der Waals surface area contributed by atoms with Gasteiger partial charge >= 0.3 is 0 Å². The van der Waals surface area contributed by atoms with Crippen LogP contribution in [0.25, 0.3) is 0 Å². The first-order valence-corrected chi connectivity index (χ1v) is 7.68. The van der Waals surface area contributed by atoms with Gasteiger partial charge in [0.05, 0.1) is 0 Å². The first kappa shape index (κ1) is 15.6. The number of aryl methyl sites for hydroxylation is 1. The molecule has 0 saturated carbocycles. The van der Waals surface area contributed by atoms with E-state index >= 15 is 0 Å². The second kappa shape index (κ2) is 7.28. The zero-order chi connectivity index (χ0) is 15.2. The molecule has 2 atom stereocenters. The quantitative estimate of drug-likeness (QED) is 0.841. The van der Waals surface area contributed by atoms with Gasteiger partial charge in [0.25, 0.3) is 0 Å². The summed E-state index contributed by atoms with van der Waals surface area (Å²) in [4.78, 5) is 0. The smallest absolute Gasteiger partial charge is 0.136 e. The Morgan fingerprint density at radius 3 is 2.29 bits per heavy atom. The van der Waals surface area contributed by atoms with E-state index in [4.69, 9.17) is 10.5 Å². The zero-order valence-electron chi connectivity index (χ0n) is 13.2.